The van der Waals surface area contributed by atoms with E-state index in [4.69, 9.17) is 4.74 Å². The molecule has 0 amide bonds. The van der Waals surface area contributed by atoms with Gasteiger partial charge < -0.3 is 4.74 Å². The highest BCUT2D eigenvalue weighted by molar-refractivity contribution is 6.01. The third-order valence-electron chi connectivity index (χ3n) is 3.28. The molecule has 0 saturated heterocycles. The van der Waals surface area contributed by atoms with E-state index in [0.717, 1.165) is 21.9 Å². The zero-order valence-electron chi connectivity index (χ0n) is 11.0. The highest BCUT2D eigenvalue weighted by Crippen LogP contribution is 2.28. The summed E-state index contributed by atoms with van der Waals surface area (Å²) in [6, 6.07) is 15.5. The Morgan fingerprint density at radius 2 is 2.00 bits per heavy atom. The van der Waals surface area contributed by atoms with Crippen molar-refractivity contribution in [2.45, 2.75) is 0 Å². The summed E-state index contributed by atoms with van der Waals surface area (Å²) in [5.41, 5.74) is 2.64. The van der Waals surface area contributed by atoms with Crippen molar-refractivity contribution in [2.24, 2.45) is 0 Å². The molecule has 1 aromatic heterocycles. The summed E-state index contributed by atoms with van der Waals surface area (Å²) in [7, 11) is 1.39. The van der Waals surface area contributed by atoms with Crippen molar-refractivity contribution in [3.05, 3.63) is 66.5 Å². The molecule has 2 aromatic carbocycles. The molecule has 0 saturated carbocycles. The standard InChI is InChI=1S/C17H13NO2/c1-20-17(19)13-8-7-12-4-2-6-15(16(12)10-13)14-5-3-9-18-11-14/h2-11H,1H3. The summed E-state index contributed by atoms with van der Waals surface area (Å²) < 4.78 is 4.78. The van der Waals surface area contributed by atoms with Gasteiger partial charge in [0.1, 0.15) is 0 Å². The first-order chi connectivity index (χ1) is 9.79. The molecule has 0 aliphatic heterocycles. The van der Waals surface area contributed by atoms with Crippen molar-refractivity contribution in [1.82, 2.24) is 4.98 Å². The number of fused-ring (bicyclic) bond motifs is 1. The number of pyridine rings is 1. The Morgan fingerprint density at radius 1 is 1.10 bits per heavy atom. The van der Waals surface area contributed by atoms with Crippen LogP contribution in [-0.2, 0) is 4.74 Å². The lowest BCUT2D eigenvalue weighted by Crippen LogP contribution is -2.00. The lowest BCUT2D eigenvalue weighted by Gasteiger charge is -2.08. The highest BCUT2D eigenvalue weighted by atomic mass is 16.5. The zero-order valence-corrected chi connectivity index (χ0v) is 11.0. The van der Waals surface area contributed by atoms with Crippen molar-refractivity contribution >= 4 is 16.7 Å². The fourth-order valence-electron chi connectivity index (χ4n) is 2.29. The molecular formula is C17H13NO2. The molecule has 3 aromatic rings. The quantitative estimate of drug-likeness (QED) is 0.662. The number of ether oxygens (including phenoxy) is 1. The molecule has 0 fully saturated rings. The molecule has 1 heterocycles. The number of nitrogens with zero attached hydrogens (tertiary/aromatic N) is 1. The van der Waals surface area contributed by atoms with Gasteiger partial charge in [0, 0.05) is 18.0 Å². The molecule has 3 rings (SSSR count). The lowest BCUT2D eigenvalue weighted by atomic mass is 9.98. The normalized spacial score (nSPS) is 10.4. The van der Waals surface area contributed by atoms with E-state index in [2.05, 4.69) is 4.98 Å². The Hall–Kier alpha value is -2.68. The number of carbonyl (C=O) groups excluding carboxylic acids is 1. The third-order valence-corrected chi connectivity index (χ3v) is 3.28. The molecule has 0 radical (unpaired) electrons. The fourth-order valence-corrected chi connectivity index (χ4v) is 2.29. The number of hydrogen-bond acceptors (Lipinski definition) is 3. The zero-order chi connectivity index (χ0) is 13.9. The largest absolute Gasteiger partial charge is 0.465 e. The molecule has 20 heavy (non-hydrogen) atoms. The molecule has 0 aliphatic carbocycles. The number of rotatable bonds is 2. The molecule has 0 atom stereocenters. The second kappa shape index (κ2) is 5.13. The van der Waals surface area contributed by atoms with Gasteiger partial charge >= 0.3 is 5.97 Å². The molecular weight excluding hydrogens is 250 g/mol. The second-order valence-electron chi connectivity index (χ2n) is 4.47. The number of carbonyl (C=O) groups is 1. The van der Waals surface area contributed by atoms with Gasteiger partial charge in [0.2, 0.25) is 0 Å². The Bertz CT molecular complexity index is 766. The number of benzene rings is 2. The van der Waals surface area contributed by atoms with Crippen LogP contribution in [0.15, 0.2) is 60.9 Å². The van der Waals surface area contributed by atoms with Crippen LogP contribution in [0, 0.1) is 0 Å². The molecule has 0 bridgehead atoms. The van der Waals surface area contributed by atoms with E-state index < -0.39 is 0 Å². The Kier molecular flexibility index (Phi) is 3.17. The van der Waals surface area contributed by atoms with Crippen LogP contribution in [0.25, 0.3) is 21.9 Å². The second-order valence-corrected chi connectivity index (χ2v) is 4.47. The van der Waals surface area contributed by atoms with Crippen LogP contribution in [0.5, 0.6) is 0 Å². The minimum Gasteiger partial charge on any atom is -0.465 e. The lowest BCUT2D eigenvalue weighted by molar-refractivity contribution is 0.0601. The molecule has 0 unspecified atom stereocenters. The maximum Gasteiger partial charge on any atom is 0.337 e. The molecule has 0 aliphatic rings. The van der Waals surface area contributed by atoms with Crippen molar-refractivity contribution in [2.75, 3.05) is 7.11 Å². The van der Waals surface area contributed by atoms with Crippen molar-refractivity contribution in [3.8, 4) is 11.1 Å². The molecule has 3 heteroatoms. The molecule has 0 spiro atoms. The van der Waals surface area contributed by atoms with Crippen LogP contribution in [0.4, 0.5) is 0 Å². The minimum atomic E-state index is -0.326. The van der Waals surface area contributed by atoms with Crippen molar-refractivity contribution in [1.29, 1.82) is 0 Å². The number of methoxy groups -OCH3 is 1. The average Bonchev–Trinajstić information content (AvgIpc) is 2.54. The van der Waals surface area contributed by atoms with Crippen molar-refractivity contribution < 1.29 is 9.53 Å². The number of aromatic nitrogens is 1. The SMILES string of the molecule is COC(=O)c1ccc2cccc(-c3cccnc3)c2c1. The van der Waals surface area contributed by atoms with E-state index in [1.54, 1.807) is 12.3 Å². The van der Waals surface area contributed by atoms with Gasteiger partial charge in [-0.1, -0.05) is 30.3 Å². The Labute approximate surface area is 116 Å². The van der Waals surface area contributed by atoms with Gasteiger partial charge in [-0.25, -0.2) is 4.79 Å². The predicted octanol–water partition coefficient (Wildman–Crippen LogP) is 3.69. The molecule has 0 N–H and O–H groups in total. The average molecular weight is 263 g/mol. The number of hydrogen-bond donors (Lipinski definition) is 0. The first-order valence-electron chi connectivity index (χ1n) is 6.31. The summed E-state index contributed by atoms with van der Waals surface area (Å²) in [6.45, 7) is 0. The minimum absolute atomic E-state index is 0.326. The first kappa shape index (κ1) is 12.4. The summed E-state index contributed by atoms with van der Waals surface area (Å²) in [5, 5.41) is 2.10. The van der Waals surface area contributed by atoms with E-state index in [0.29, 0.717) is 5.56 Å². The molecule has 3 nitrogen and oxygen atoms in total. The van der Waals surface area contributed by atoms with Gasteiger partial charge in [-0.3, -0.25) is 4.98 Å². The van der Waals surface area contributed by atoms with Gasteiger partial charge in [0.15, 0.2) is 0 Å². The highest BCUT2D eigenvalue weighted by Gasteiger charge is 2.09. The maximum atomic E-state index is 11.7. The third kappa shape index (κ3) is 2.14. The van der Waals surface area contributed by atoms with Gasteiger partial charge in [-0.15, -0.1) is 0 Å². The Balaban J connectivity index is 2.24. The van der Waals surface area contributed by atoms with E-state index >= 15 is 0 Å². The Morgan fingerprint density at radius 3 is 2.75 bits per heavy atom. The maximum absolute atomic E-state index is 11.7. The van der Waals surface area contributed by atoms with E-state index in [1.807, 2.05) is 48.7 Å². The monoisotopic (exact) mass is 263 g/mol. The fraction of sp³-hybridized carbons (Fsp3) is 0.0588. The number of esters is 1. The summed E-state index contributed by atoms with van der Waals surface area (Å²) >= 11 is 0. The molecule has 98 valence electrons. The first-order valence-corrected chi connectivity index (χ1v) is 6.31. The van der Waals surface area contributed by atoms with E-state index in [1.165, 1.54) is 7.11 Å². The van der Waals surface area contributed by atoms with Gasteiger partial charge in [-0.2, -0.15) is 0 Å². The van der Waals surface area contributed by atoms with E-state index in [-0.39, 0.29) is 5.97 Å². The smallest absolute Gasteiger partial charge is 0.337 e. The summed E-state index contributed by atoms with van der Waals surface area (Å²) in [4.78, 5) is 15.8. The van der Waals surface area contributed by atoms with Crippen LogP contribution in [0.2, 0.25) is 0 Å². The predicted molar refractivity (Wildman–Crippen MR) is 78.5 cm³/mol. The van der Waals surface area contributed by atoms with Crippen LogP contribution >= 0.6 is 0 Å². The topological polar surface area (TPSA) is 39.2 Å². The van der Waals surface area contributed by atoms with Gasteiger partial charge in [0.05, 0.1) is 12.7 Å². The van der Waals surface area contributed by atoms with Crippen LogP contribution in [0.3, 0.4) is 0 Å². The van der Waals surface area contributed by atoms with Gasteiger partial charge in [0.25, 0.3) is 0 Å². The summed E-state index contributed by atoms with van der Waals surface area (Å²) in [5.74, 6) is -0.326. The van der Waals surface area contributed by atoms with Crippen LogP contribution in [0.1, 0.15) is 10.4 Å². The van der Waals surface area contributed by atoms with E-state index in [9.17, 15) is 4.79 Å². The van der Waals surface area contributed by atoms with Crippen LogP contribution < -0.4 is 0 Å². The van der Waals surface area contributed by atoms with Crippen molar-refractivity contribution in [3.63, 3.8) is 0 Å². The van der Waals surface area contributed by atoms with Gasteiger partial charge in [-0.05, 0) is 34.5 Å². The van der Waals surface area contributed by atoms with Crippen LogP contribution in [-0.4, -0.2) is 18.1 Å². The summed E-state index contributed by atoms with van der Waals surface area (Å²) in [6.07, 6.45) is 3.56.